The van der Waals surface area contributed by atoms with E-state index in [9.17, 15) is 4.79 Å². The van der Waals surface area contributed by atoms with Gasteiger partial charge in [0, 0.05) is 17.6 Å². The number of hydrogen-bond donors (Lipinski definition) is 2. The first kappa shape index (κ1) is 13.4. The van der Waals surface area contributed by atoms with Gasteiger partial charge in [-0.1, -0.05) is 29.8 Å². The lowest BCUT2D eigenvalue weighted by atomic mass is 10.1. The molecule has 3 nitrogen and oxygen atoms in total. The van der Waals surface area contributed by atoms with E-state index in [1.165, 1.54) is 0 Å². The predicted molar refractivity (Wildman–Crippen MR) is 73.7 cm³/mol. The number of hydrogen-bond acceptors (Lipinski definition) is 2. The summed E-state index contributed by atoms with van der Waals surface area (Å²) in [4.78, 5) is 11.9. The Morgan fingerprint density at radius 3 is 2.94 bits per heavy atom. The fourth-order valence-corrected chi connectivity index (χ4v) is 2.62. The highest BCUT2D eigenvalue weighted by atomic mass is 35.5. The van der Waals surface area contributed by atoms with Gasteiger partial charge >= 0.3 is 0 Å². The summed E-state index contributed by atoms with van der Waals surface area (Å²) in [6, 6.07) is 7.71. The summed E-state index contributed by atoms with van der Waals surface area (Å²) < 4.78 is 0. The van der Waals surface area contributed by atoms with E-state index in [1.807, 2.05) is 31.2 Å². The van der Waals surface area contributed by atoms with Crippen LogP contribution in [0.4, 0.5) is 0 Å². The van der Waals surface area contributed by atoms with Crippen LogP contribution in [-0.4, -0.2) is 18.5 Å². The highest BCUT2D eigenvalue weighted by Crippen LogP contribution is 2.23. The van der Waals surface area contributed by atoms with E-state index in [1.54, 1.807) is 0 Å². The second-order valence-corrected chi connectivity index (χ2v) is 5.16. The van der Waals surface area contributed by atoms with E-state index in [4.69, 9.17) is 11.6 Å². The average molecular weight is 267 g/mol. The minimum atomic E-state index is -0.112. The molecule has 18 heavy (non-hydrogen) atoms. The van der Waals surface area contributed by atoms with Gasteiger partial charge in [-0.05, 0) is 37.8 Å². The van der Waals surface area contributed by atoms with Crippen molar-refractivity contribution in [2.75, 3.05) is 6.54 Å². The second kappa shape index (κ2) is 6.21. The third kappa shape index (κ3) is 3.24. The Balaban J connectivity index is 2.04. The molecule has 2 atom stereocenters. The average Bonchev–Trinajstić information content (AvgIpc) is 2.55. The van der Waals surface area contributed by atoms with E-state index in [2.05, 4.69) is 10.6 Å². The number of halogens is 1. The summed E-state index contributed by atoms with van der Waals surface area (Å²) in [5.41, 5.74) is 1.04. The van der Waals surface area contributed by atoms with Gasteiger partial charge in [-0.25, -0.2) is 0 Å². The maximum absolute atomic E-state index is 11.9. The van der Waals surface area contributed by atoms with Crippen molar-refractivity contribution in [3.05, 3.63) is 34.9 Å². The molecule has 2 N–H and O–H groups in total. The van der Waals surface area contributed by atoms with Crippen molar-refractivity contribution in [1.82, 2.24) is 10.6 Å². The molecule has 1 saturated heterocycles. The molecule has 0 bridgehead atoms. The standard InChI is InChI=1S/C14H19ClN2O/c1-10(11-6-2-3-7-12(11)15)17-13-8-4-5-9-16-14(13)18/h2-3,6-7,10,13,17H,4-5,8-9H2,1H3,(H,16,18)/t10-,13?/m1/s1. The normalized spacial score (nSPS) is 22.1. The zero-order valence-electron chi connectivity index (χ0n) is 10.6. The lowest BCUT2D eigenvalue weighted by Crippen LogP contribution is -2.43. The Kier molecular flexibility index (Phi) is 4.61. The maximum Gasteiger partial charge on any atom is 0.237 e. The molecule has 1 amide bonds. The van der Waals surface area contributed by atoms with Crippen molar-refractivity contribution < 1.29 is 4.79 Å². The van der Waals surface area contributed by atoms with E-state index < -0.39 is 0 Å². The van der Waals surface area contributed by atoms with Crippen LogP contribution in [0.25, 0.3) is 0 Å². The van der Waals surface area contributed by atoms with Gasteiger partial charge < -0.3 is 5.32 Å². The lowest BCUT2D eigenvalue weighted by molar-refractivity contribution is -0.123. The Morgan fingerprint density at radius 1 is 1.39 bits per heavy atom. The first-order valence-electron chi connectivity index (χ1n) is 6.46. The molecule has 1 heterocycles. The highest BCUT2D eigenvalue weighted by Gasteiger charge is 2.22. The van der Waals surface area contributed by atoms with Crippen molar-refractivity contribution in [3.8, 4) is 0 Å². The van der Waals surface area contributed by atoms with Crippen LogP contribution < -0.4 is 10.6 Å². The Hall–Kier alpha value is -1.06. The third-order valence-electron chi connectivity index (χ3n) is 3.36. The molecule has 0 radical (unpaired) electrons. The molecule has 1 aromatic rings. The molecule has 0 aromatic heterocycles. The summed E-state index contributed by atoms with van der Waals surface area (Å²) in [6.45, 7) is 2.83. The summed E-state index contributed by atoms with van der Waals surface area (Å²) in [5.74, 6) is 0.103. The molecule has 4 heteroatoms. The number of rotatable bonds is 3. The van der Waals surface area contributed by atoms with Crippen LogP contribution >= 0.6 is 11.6 Å². The SMILES string of the molecule is C[C@@H](NC1CCCCNC1=O)c1ccccc1Cl. The van der Waals surface area contributed by atoms with Crippen LogP contribution in [0.2, 0.25) is 5.02 Å². The third-order valence-corrected chi connectivity index (χ3v) is 3.70. The van der Waals surface area contributed by atoms with Crippen molar-refractivity contribution in [2.45, 2.75) is 38.3 Å². The van der Waals surface area contributed by atoms with E-state index in [0.717, 1.165) is 36.4 Å². The minimum Gasteiger partial charge on any atom is -0.355 e. The number of carbonyl (C=O) groups is 1. The first-order valence-corrected chi connectivity index (χ1v) is 6.84. The molecule has 0 aliphatic carbocycles. The Labute approximate surface area is 113 Å². The first-order chi connectivity index (χ1) is 8.68. The van der Waals surface area contributed by atoms with Gasteiger partial charge in [0.15, 0.2) is 0 Å². The van der Waals surface area contributed by atoms with E-state index in [-0.39, 0.29) is 18.0 Å². The van der Waals surface area contributed by atoms with Gasteiger partial charge in [-0.3, -0.25) is 10.1 Å². The quantitative estimate of drug-likeness (QED) is 0.883. The van der Waals surface area contributed by atoms with Crippen LogP contribution in [0.3, 0.4) is 0 Å². The smallest absolute Gasteiger partial charge is 0.237 e. The molecule has 2 rings (SSSR count). The fraction of sp³-hybridized carbons (Fsp3) is 0.500. The topological polar surface area (TPSA) is 41.1 Å². The largest absolute Gasteiger partial charge is 0.355 e. The Morgan fingerprint density at radius 2 is 2.17 bits per heavy atom. The summed E-state index contributed by atoms with van der Waals surface area (Å²) in [6.07, 6.45) is 3.02. The van der Waals surface area contributed by atoms with E-state index >= 15 is 0 Å². The summed E-state index contributed by atoms with van der Waals surface area (Å²) in [5, 5.41) is 7.04. The molecular weight excluding hydrogens is 248 g/mol. The van der Waals surface area contributed by atoms with Gasteiger partial charge in [-0.15, -0.1) is 0 Å². The second-order valence-electron chi connectivity index (χ2n) is 4.75. The van der Waals surface area contributed by atoms with Gasteiger partial charge in [0.05, 0.1) is 6.04 Å². The molecule has 98 valence electrons. The highest BCUT2D eigenvalue weighted by molar-refractivity contribution is 6.31. The lowest BCUT2D eigenvalue weighted by Gasteiger charge is -2.22. The molecule has 1 aliphatic heterocycles. The molecule has 1 fully saturated rings. The van der Waals surface area contributed by atoms with Gasteiger partial charge in [0.2, 0.25) is 5.91 Å². The van der Waals surface area contributed by atoms with Crippen molar-refractivity contribution >= 4 is 17.5 Å². The van der Waals surface area contributed by atoms with Crippen LogP contribution in [0.15, 0.2) is 24.3 Å². The van der Waals surface area contributed by atoms with Crippen LogP contribution in [0.1, 0.15) is 37.8 Å². The van der Waals surface area contributed by atoms with Gasteiger partial charge in [0.25, 0.3) is 0 Å². The maximum atomic E-state index is 11.9. The van der Waals surface area contributed by atoms with Crippen LogP contribution in [0.5, 0.6) is 0 Å². The monoisotopic (exact) mass is 266 g/mol. The Bertz CT molecular complexity index is 422. The van der Waals surface area contributed by atoms with Gasteiger partial charge in [0.1, 0.15) is 0 Å². The summed E-state index contributed by atoms with van der Waals surface area (Å²) in [7, 11) is 0. The zero-order valence-corrected chi connectivity index (χ0v) is 11.3. The number of nitrogens with one attached hydrogen (secondary N) is 2. The minimum absolute atomic E-state index is 0.0764. The molecule has 1 aliphatic rings. The fourth-order valence-electron chi connectivity index (χ4n) is 2.32. The number of benzene rings is 1. The molecule has 0 spiro atoms. The van der Waals surface area contributed by atoms with Crippen LogP contribution in [0, 0.1) is 0 Å². The molecule has 0 saturated carbocycles. The van der Waals surface area contributed by atoms with E-state index in [0.29, 0.717) is 0 Å². The van der Waals surface area contributed by atoms with Gasteiger partial charge in [-0.2, -0.15) is 0 Å². The van der Waals surface area contributed by atoms with Crippen molar-refractivity contribution in [1.29, 1.82) is 0 Å². The molecule has 1 aromatic carbocycles. The summed E-state index contributed by atoms with van der Waals surface area (Å²) >= 11 is 6.16. The van der Waals surface area contributed by atoms with Crippen molar-refractivity contribution in [3.63, 3.8) is 0 Å². The van der Waals surface area contributed by atoms with Crippen molar-refractivity contribution in [2.24, 2.45) is 0 Å². The molecule has 1 unspecified atom stereocenters. The number of amides is 1. The zero-order chi connectivity index (χ0) is 13.0. The number of carbonyl (C=O) groups excluding carboxylic acids is 1. The molecular formula is C14H19ClN2O. The van der Waals surface area contributed by atoms with Crippen LogP contribution in [-0.2, 0) is 4.79 Å². The predicted octanol–water partition coefficient (Wildman–Crippen LogP) is 2.66.